The fourth-order valence-electron chi connectivity index (χ4n) is 1.25. The second kappa shape index (κ2) is 4.64. The molecule has 0 aliphatic rings. The highest BCUT2D eigenvalue weighted by Crippen LogP contribution is 2.29. The van der Waals surface area contributed by atoms with Gasteiger partial charge < -0.3 is 0 Å². The van der Waals surface area contributed by atoms with Gasteiger partial charge in [0, 0.05) is 4.90 Å². The van der Waals surface area contributed by atoms with Gasteiger partial charge in [-0.2, -0.15) is 9.64 Å². The van der Waals surface area contributed by atoms with Gasteiger partial charge >= 0.3 is 0 Å². The maximum atomic E-state index is 8.83. The van der Waals surface area contributed by atoms with Crippen LogP contribution in [0, 0.1) is 25.2 Å². The van der Waals surface area contributed by atoms with Crippen molar-refractivity contribution in [3.8, 4) is 6.07 Å². The summed E-state index contributed by atoms with van der Waals surface area (Å²) in [5, 5.41) is 8.83. The average Bonchev–Trinajstić information content (AvgIpc) is 2.64. The molecule has 1 aromatic heterocycles. The van der Waals surface area contributed by atoms with E-state index in [9.17, 15) is 0 Å². The zero-order valence-corrected chi connectivity index (χ0v) is 10.5. The molecule has 3 nitrogen and oxygen atoms in total. The summed E-state index contributed by atoms with van der Waals surface area (Å²) >= 11 is 2.97. The van der Waals surface area contributed by atoms with Gasteiger partial charge in [-0.15, -0.1) is 0 Å². The molecular weight excluding hydrogens is 238 g/mol. The molecule has 0 aliphatic heterocycles. The first-order valence-corrected chi connectivity index (χ1v) is 6.27. The van der Waals surface area contributed by atoms with Gasteiger partial charge in [0.15, 0.2) is 4.34 Å². The van der Waals surface area contributed by atoms with E-state index in [0.717, 1.165) is 26.2 Å². The molecule has 0 unspecified atom stereocenters. The van der Waals surface area contributed by atoms with E-state index < -0.39 is 0 Å². The van der Waals surface area contributed by atoms with Crippen LogP contribution in [0.4, 0.5) is 0 Å². The van der Waals surface area contributed by atoms with Crippen molar-refractivity contribution in [2.75, 3.05) is 0 Å². The number of benzene rings is 1. The van der Waals surface area contributed by atoms with Crippen molar-refractivity contribution in [2.45, 2.75) is 23.1 Å². The van der Waals surface area contributed by atoms with Crippen LogP contribution in [0.3, 0.4) is 0 Å². The Morgan fingerprint density at radius 1 is 1.38 bits per heavy atom. The van der Waals surface area contributed by atoms with Crippen LogP contribution in [-0.4, -0.2) is 9.36 Å². The lowest BCUT2D eigenvalue weighted by molar-refractivity contribution is 1.10. The van der Waals surface area contributed by atoms with E-state index in [0.29, 0.717) is 0 Å². The van der Waals surface area contributed by atoms with E-state index in [1.165, 1.54) is 11.5 Å². The lowest BCUT2D eigenvalue weighted by Crippen LogP contribution is -1.82. The number of nitriles is 1. The van der Waals surface area contributed by atoms with E-state index in [-0.39, 0.29) is 0 Å². The van der Waals surface area contributed by atoms with E-state index >= 15 is 0 Å². The highest BCUT2D eigenvalue weighted by molar-refractivity contribution is 8.01. The molecule has 0 aliphatic carbocycles. The summed E-state index contributed by atoms with van der Waals surface area (Å²) in [6.45, 7) is 3.82. The molecule has 0 N–H and O–H groups in total. The van der Waals surface area contributed by atoms with Crippen LogP contribution in [0.15, 0.2) is 27.4 Å². The molecule has 0 atom stereocenters. The summed E-state index contributed by atoms with van der Waals surface area (Å²) in [6.07, 6.45) is 0. The fraction of sp³-hybridized carbons (Fsp3) is 0.182. The summed E-state index contributed by atoms with van der Waals surface area (Å²) in [5.41, 5.74) is 1.71. The maximum absolute atomic E-state index is 8.83. The predicted octanol–water partition coefficient (Wildman–Crippen LogP) is 3.18. The van der Waals surface area contributed by atoms with Crippen LogP contribution in [0.5, 0.6) is 0 Å². The molecule has 0 amide bonds. The quantitative estimate of drug-likeness (QED) is 0.817. The minimum absolute atomic E-state index is 0.720. The van der Waals surface area contributed by atoms with Crippen molar-refractivity contribution >= 4 is 23.3 Å². The minimum Gasteiger partial charge on any atom is -0.213 e. The molecule has 1 aromatic carbocycles. The summed E-state index contributed by atoms with van der Waals surface area (Å²) < 4.78 is 5.06. The van der Waals surface area contributed by atoms with E-state index in [4.69, 9.17) is 5.26 Å². The van der Waals surface area contributed by atoms with Crippen LogP contribution < -0.4 is 0 Å². The summed E-state index contributed by atoms with van der Waals surface area (Å²) in [7, 11) is 0. The van der Waals surface area contributed by atoms with Gasteiger partial charge in [0.05, 0.1) is 11.6 Å². The second-order valence-corrected chi connectivity index (χ2v) is 5.37. The summed E-state index contributed by atoms with van der Waals surface area (Å²) in [5.74, 6) is 0.804. The van der Waals surface area contributed by atoms with Gasteiger partial charge in [0.25, 0.3) is 0 Å². The third-order valence-electron chi connectivity index (χ3n) is 2.03. The van der Waals surface area contributed by atoms with Crippen LogP contribution in [0.1, 0.15) is 17.0 Å². The molecule has 2 aromatic rings. The van der Waals surface area contributed by atoms with Gasteiger partial charge in [-0.25, -0.2) is 4.98 Å². The Labute approximate surface area is 102 Å². The highest BCUT2D eigenvalue weighted by atomic mass is 32.2. The Kier molecular flexibility index (Phi) is 3.22. The SMILES string of the molecule is Cc1nsc(Sc2ccc(C#N)c(C)c2)n1. The fourth-order valence-corrected chi connectivity index (χ4v) is 2.97. The zero-order valence-electron chi connectivity index (χ0n) is 8.89. The third kappa shape index (κ3) is 2.40. The van der Waals surface area contributed by atoms with Crippen LogP contribution in [0.25, 0.3) is 0 Å². The molecule has 16 heavy (non-hydrogen) atoms. The molecule has 1 heterocycles. The Morgan fingerprint density at radius 3 is 2.75 bits per heavy atom. The van der Waals surface area contributed by atoms with Gasteiger partial charge in [0.1, 0.15) is 5.82 Å². The third-order valence-corrected chi connectivity index (χ3v) is 3.86. The molecule has 80 valence electrons. The molecular formula is C11H9N3S2. The number of hydrogen-bond donors (Lipinski definition) is 0. The van der Waals surface area contributed by atoms with Crippen molar-refractivity contribution in [1.29, 1.82) is 5.26 Å². The van der Waals surface area contributed by atoms with Crippen LogP contribution >= 0.6 is 23.3 Å². The molecule has 0 saturated heterocycles. The Morgan fingerprint density at radius 2 is 2.19 bits per heavy atom. The largest absolute Gasteiger partial charge is 0.213 e. The van der Waals surface area contributed by atoms with Gasteiger partial charge in [-0.05, 0) is 49.1 Å². The lowest BCUT2D eigenvalue weighted by atomic mass is 10.1. The molecule has 0 radical (unpaired) electrons. The molecule has 5 heteroatoms. The maximum Gasteiger partial charge on any atom is 0.174 e. The Hall–Kier alpha value is -1.38. The van der Waals surface area contributed by atoms with Crippen molar-refractivity contribution < 1.29 is 0 Å². The van der Waals surface area contributed by atoms with Crippen molar-refractivity contribution in [3.05, 3.63) is 35.2 Å². The van der Waals surface area contributed by atoms with Crippen molar-refractivity contribution in [1.82, 2.24) is 9.36 Å². The minimum atomic E-state index is 0.720. The summed E-state index contributed by atoms with van der Waals surface area (Å²) in [6, 6.07) is 7.93. The van der Waals surface area contributed by atoms with E-state index in [1.54, 1.807) is 11.8 Å². The average molecular weight is 247 g/mol. The zero-order chi connectivity index (χ0) is 11.5. The van der Waals surface area contributed by atoms with E-state index in [2.05, 4.69) is 15.4 Å². The lowest BCUT2D eigenvalue weighted by Gasteiger charge is -2.00. The predicted molar refractivity (Wildman–Crippen MR) is 64.7 cm³/mol. The number of aromatic nitrogens is 2. The first-order valence-electron chi connectivity index (χ1n) is 4.68. The molecule has 0 bridgehead atoms. The standard InChI is InChI=1S/C11H9N3S2/c1-7-5-10(4-3-9(7)6-12)15-11-13-8(2)14-16-11/h3-5H,1-2H3. The van der Waals surface area contributed by atoms with Gasteiger partial charge in [0.2, 0.25) is 0 Å². The van der Waals surface area contributed by atoms with Gasteiger partial charge in [-0.1, -0.05) is 11.8 Å². The Balaban J connectivity index is 2.23. The number of rotatable bonds is 2. The summed E-state index contributed by atoms with van der Waals surface area (Å²) in [4.78, 5) is 5.37. The molecule has 0 saturated carbocycles. The normalized spacial score (nSPS) is 10.1. The molecule has 0 fully saturated rings. The highest BCUT2D eigenvalue weighted by Gasteiger charge is 2.04. The molecule has 0 spiro atoms. The molecule has 2 rings (SSSR count). The van der Waals surface area contributed by atoms with Crippen molar-refractivity contribution in [3.63, 3.8) is 0 Å². The van der Waals surface area contributed by atoms with Crippen LogP contribution in [0.2, 0.25) is 0 Å². The smallest absolute Gasteiger partial charge is 0.174 e. The Bertz CT molecular complexity index is 555. The number of aryl methyl sites for hydroxylation is 2. The second-order valence-electron chi connectivity index (χ2n) is 3.30. The van der Waals surface area contributed by atoms with E-state index in [1.807, 2.05) is 32.0 Å². The van der Waals surface area contributed by atoms with Crippen molar-refractivity contribution in [2.24, 2.45) is 0 Å². The number of hydrogen-bond acceptors (Lipinski definition) is 5. The first kappa shape index (κ1) is 11.1. The van der Waals surface area contributed by atoms with Crippen LogP contribution in [-0.2, 0) is 0 Å². The monoisotopic (exact) mass is 247 g/mol. The van der Waals surface area contributed by atoms with Gasteiger partial charge in [-0.3, -0.25) is 0 Å². The first-order chi connectivity index (χ1) is 7.69. The number of nitrogens with zero attached hydrogens (tertiary/aromatic N) is 3. The topological polar surface area (TPSA) is 49.6 Å².